The fourth-order valence-electron chi connectivity index (χ4n) is 4.52. The second-order valence-corrected chi connectivity index (χ2v) is 12.7. The minimum atomic E-state index is -4.89. The van der Waals surface area contributed by atoms with Gasteiger partial charge in [0.2, 0.25) is 11.8 Å². The van der Waals surface area contributed by atoms with E-state index < -0.39 is 56.9 Å². The second kappa shape index (κ2) is 14.3. The second-order valence-electron chi connectivity index (χ2n) is 10.4. The molecule has 0 aliphatic heterocycles. The monoisotopic (exact) mass is 653 g/mol. The quantitative estimate of drug-likeness (QED) is 0.251. The van der Waals surface area contributed by atoms with Crippen molar-refractivity contribution in [2.45, 2.75) is 63.8 Å². The third-order valence-corrected chi connectivity index (χ3v) is 8.85. The SMILES string of the molecule is CC[C@@H](C(=O)NC(C)C)N(Cc1cccc(OC)c1)C(=O)CN(c1ccc(Cl)c(C(F)(F)F)c1)S(=O)(=O)c1ccc(C)cc1. The number of rotatable bonds is 12. The van der Waals surface area contributed by atoms with Crippen molar-refractivity contribution in [1.29, 1.82) is 0 Å². The molecule has 238 valence electrons. The van der Waals surface area contributed by atoms with E-state index in [1.807, 2.05) is 0 Å². The van der Waals surface area contributed by atoms with Gasteiger partial charge < -0.3 is 15.0 Å². The van der Waals surface area contributed by atoms with Crippen LogP contribution < -0.4 is 14.4 Å². The molecular formula is C31H35ClF3N3O5S. The maximum absolute atomic E-state index is 14.1. The number of amides is 2. The first kappa shape index (κ1) is 34.7. The Morgan fingerprint density at radius 3 is 2.25 bits per heavy atom. The Bertz CT molecular complexity index is 1580. The fourth-order valence-corrected chi connectivity index (χ4v) is 6.15. The van der Waals surface area contributed by atoms with E-state index in [2.05, 4.69) is 5.32 Å². The molecule has 3 aromatic rings. The number of ether oxygens (including phenoxy) is 1. The van der Waals surface area contributed by atoms with Crippen LogP contribution in [0.2, 0.25) is 5.02 Å². The van der Waals surface area contributed by atoms with Gasteiger partial charge in [-0.05, 0) is 75.2 Å². The van der Waals surface area contributed by atoms with Crippen LogP contribution in [0, 0.1) is 6.92 Å². The summed E-state index contributed by atoms with van der Waals surface area (Å²) in [4.78, 5) is 28.4. The number of alkyl halides is 3. The third-order valence-electron chi connectivity index (χ3n) is 6.74. The van der Waals surface area contributed by atoms with Crippen molar-refractivity contribution in [3.63, 3.8) is 0 Å². The molecule has 0 saturated heterocycles. The van der Waals surface area contributed by atoms with Crippen molar-refractivity contribution in [2.24, 2.45) is 0 Å². The molecule has 3 rings (SSSR count). The number of halogens is 4. The summed E-state index contributed by atoms with van der Waals surface area (Å²) in [6.07, 6.45) is -4.71. The maximum atomic E-state index is 14.1. The summed E-state index contributed by atoms with van der Waals surface area (Å²) in [5, 5.41) is 2.16. The van der Waals surface area contributed by atoms with E-state index in [0.29, 0.717) is 21.7 Å². The molecule has 1 N–H and O–H groups in total. The van der Waals surface area contributed by atoms with Gasteiger partial charge in [0.15, 0.2) is 0 Å². The highest BCUT2D eigenvalue weighted by Crippen LogP contribution is 2.38. The van der Waals surface area contributed by atoms with Gasteiger partial charge in [0.25, 0.3) is 10.0 Å². The first-order valence-electron chi connectivity index (χ1n) is 13.8. The molecule has 0 aromatic heterocycles. The van der Waals surface area contributed by atoms with Gasteiger partial charge in [0.05, 0.1) is 28.3 Å². The predicted octanol–water partition coefficient (Wildman–Crippen LogP) is 6.20. The van der Waals surface area contributed by atoms with Gasteiger partial charge in [0.1, 0.15) is 18.3 Å². The Labute approximate surface area is 260 Å². The van der Waals surface area contributed by atoms with Crippen LogP contribution in [0.25, 0.3) is 0 Å². The molecule has 0 radical (unpaired) electrons. The van der Waals surface area contributed by atoms with Gasteiger partial charge in [-0.3, -0.25) is 13.9 Å². The van der Waals surface area contributed by atoms with Gasteiger partial charge in [-0.15, -0.1) is 0 Å². The van der Waals surface area contributed by atoms with Crippen LogP contribution in [0.4, 0.5) is 18.9 Å². The largest absolute Gasteiger partial charge is 0.497 e. The molecule has 0 unspecified atom stereocenters. The number of nitrogens with zero attached hydrogens (tertiary/aromatic N) is 2. The Morgan fingerprint density at radius 2 is 1.68 bits per heavy atom. The smallest absolute Gasteiger partial charge is 0.417 e. The predicted molar refractivity (Wildman–Crippen MR) is 163 cm³/mol. The van der Waals surface area contributed by atoms with Gasteiger partial charge >= 0.3 is 6.18 Å². The summed E-state index contributed by atoms with van der Waals surface area (Å²) in [5.74, 6) is -0.769. The molecule has 0 bridgehead atoms. The summed E-state index contributed by atoms with van der Waals surface area (Å²) >= 11 is 5.82. The van der Waals surface area contributed by atoms with E-state index in [0.717, 1.165) is 17.7 Å². The Kier molecular flexibility index (Phi) is 11.3. The number of aryl methyl sites for hydroxylation is 1. The number of hydrogen-bond donors (Lipinski definition) is 1. The molecule has 2 amide bonds. The van der Waals surface area contributed by atoms with Crippen LogP contribution in [0.1, 0.15) is 43.9 Å². The highest BCUT2D eigenvalue weighted by molar-refractivity contribution is 7.92. The van der Waals surface area contributed by atoms with Gasteiger partial charge in [0, 0.05) is 12.6 Å². The number of anilines is 1. The lowest BCUT2D eigenvalue weighted by atomic mass is 10.1. The zero-order valence-electron chi connectivity index (χ0n) is 25.0. The van der Waals surface area contributed by atoms with Crippen LogP contribution in [-0.2, 0) is 32.3 Å². The van der Waals surface area contributed by atoms with Crippen molar-refractivity contribution in [3.8, 4) is 5.75 Å². The number of hydrogen-bond acceptors (Lipinski definition) is 5. The fraction of sp³-hybridized carbons (Fsp3) is 0.355. The molecule has 8 nitrogen and oxygen atoms in total. The minimum Gasteiger partial charge on any atom is -0.497 e. The summed E-state index contributed by atoms with van der Waals surface area (Å²) in [7, 11) is -3.10. The first-order valence-corrected chi connectivity index (χ1v) is 15.6. The normalized spacial score (nSPS) is 12.5. The van der Waals surface area contributed by atoms with Crippen molar-refractivity contribution >= 4 is 39.1 Å². The van der Waals surface area contributed by atoms with E-state index in [4.69, 9.17) is 16.3 Å². The molecule has 0 heterocycles. The summed E-state index contributed by atoms with van der Waals surface area (Å²) in [6, 6.07) is 13.8. The molecule has 0 aliphatic carbocycles. The van der Waals surface area contributed by atoms with Gasteiger partial charge in [-0.25, -0.2) is 8.42 Å². The van der Waals surface area contributed by atoms with Crippen LogP contribution in [0.3, 0.4) is 0 Å². The number of carbonyl (C=O) groups excluding carboxylic acids is 2. The molecule has 0 spiro atoms. The van der Waals surface area contributed by atoms with E-state index in [-0.39, 0.29) is 23.9 Å². The minimum absolute atomic E-state index is 0.104. The number of methoxy groups -OCH3 is 1. The number of sulfonamides is 1. The Balaban J connectivity index is 2.16. The molecule has 3 aromatic carbocycles. The van der Waals surface area contributed by atoms with Crippen molar-refractivity contribution in [2.75, 3.05) is 18.0 Å². The van der Waals surface area contributed by atoms with Gasteiger partial charge in [-0.1, -0.05) is 48.4 Å². The lowest BCUT2D eigenvalue weighted by Crippen LogP contribution is -2.53. The summed E-state index contributed by atoms with van der Waals surface area (Å²) in [5.41, 5.74) is -0.336. The number of nitrogens with one attached hydrogen (secondary N) is 1. The Hall–Kier alpha value is -3.77. The standard InChI is InChI=1S/C31H35ClF3N3O5S/c1-6-28(30(40)36-20(2)3)37(18-22-8-7-9-24(16-22)43-5)29(39)19-38(44(41,42)25-13-10-21(4)11-14-25)23-12-15-27(32)26(17-23)31(33,34)35/h7-17,20,28H,6,18-19H2,1-5H3,(H,36,40)/t28-/m0/s1. The average molecular weight is 654 g/mol. The molecule has 0 saturated carbocycles. The van der Waals surface area contributed by atoms with Crippen molar-refractivity contribution in [3.05, 3.63) is 88.4 Å². The molecule has 1 atom stereocenters. The van der Waals surface area contributed by atoms with E-state index in [9.17, 15) is 31.2 Å². The first-order chi connectivity index (χ1) is 20.6. The third kappa shape index (κ3) is 8.44. The molecule has 44 heavy (non-hydrogen) atoms. The zero-order valence-corrected chi connectivity index (χ0v) is 26.6. The molecule has 13 heteroatoms. The van der Waals surface area contributed by atoms with Crippen LogP contribution in [-0.4, -0.2) is 50.9 Å². The van der Waals surface area contributed by atoms with E-state index in [1.165, 1.54) is 36.3 Å². The lowest BCUT2D eigenvalue weighted by molar-refractivity contribution is -0.140. The van der Waals surface area contributed by atoms with Crippen LogP contribution in [0.5, 0.6) is 5.75 Å². The Morgan fingerprint density at radius 1 is 1.02 bits per heavy atom. The van der Waals surface area contributed by atoms with Crippen molar-refractivity contribution in [1.82, 2.24) is 10.2 Å². The molecule has 0 fully saturated rings. The number of carbonyl (C=O) groups is 2. The molecular weight excluding hydrogens is 619 g/mol. The lowest BCUT2D eigenvalue weighted by Gasteiger charge is -2.33. The van der Waals surface area contributed by atoms with Crippen molar-refractivity contribution < 1.29 is 35.9 Å². The summed E-state index contributed by atoms with van der Waals surface area (Å²) < 4.78 is 75.2. The maximum Gasteiger partial charge on any atom is 0.417 e. The van der Waals surface area contributed by atoms with E-state index >= 15 is 0 Å². The van der Waals surface area contributed by atoms with Crippen LogP contribution >= 0.6 is 11.6 Å². The zero-order chi connectivity index (χ0) is 32.8. The summed E-state index contributed by atoms with van der Waals surface area (Å²) in [6.45, 7) is 5.96. The van der Waals surface area contributed by atoms with Gasteiger partial charge in [-0.2, -0.15) is 13.2 Å². The van der Waals surface area contributed by atoms with E-state index in [1.54, 1.807) is 52.0 Å². The highest BCUT2D eigenvalue weighted by Gasteiger charge is 2.37. The topological polar surface area (TPSA) is 96.0 Å². The highest BCUT2D eigenvalue weighted by atomic mass is 35.5. The average Bonchev–Trinajstić information content (AvgIpc) is 2.95. The molecule has 0 aliphatic rings. The van der Waals surface area contributed by atoms with Crippen LogP contribution in [0.15, 0.2) is 71.6 Å². The number of benzene rings is 3.